The highest BCUT2D eigenvalue weighted by atomic mass is 35.5. The lowest BCUT2D eigenvalue weighted by Crippen LogP contribution is -2.32. The van der Waals surface area contributed by atoms with Gasteiger partial charge in [-0.15, -0.1) is 0 Å². The summed E-state index contributed by atoms with van der Waals surface area (Å²) in [5.74, 6) is -1.13. The summed E-state index contributed by atoms with van der Waals surface area (Å²) in [4.78, 5) is 35.7. The monoisotopic (exact) mass is 555 g/mol. The SMILES string of the molecule is CCC(OC(=O)c1ccc2nc(-c3ccccc3)c(-c3ccccc3)nc2c1)C(=O)Nc1ccc(Cl)cc1Cl. The first-order chi connectivity index (χ1) is 18.9. The number of hydrogen-bond donors (Lipinski definition) is 1. The molecular weight excluding hydrogens is 533 g/mol. The number of halogens is 2. The van der Waals surface area contributed by atoms with Crippen LogP contribution in [0.1, 0.15) is 23.7 Å². The lowest BCUT2D eigenvalue weighted by Gasteiger charge is -2.17. The predicted molar refractivity (Wildman–Crippen MR) is 155 cm³/mol. The number of esters is 1. The van der Waals surface area contributed by atoms with E-state index in [4.69, 9.17) is 37.9 Å². The van der Waals surface area contributed by atoms with E-state index in [0.717, 1.165) is 16.8 Å². The second-order valence-electron chi connectivity index (χ2n) is 8.77. The van der Waals surface area contributed by atoms with Crippen molar-refractivity contribution in [3.8, 4) is 22.5 Å². The van der Waals surface area contributed by atoms with Crippen molar-refractivity contribution in [2.24, 2.45) is 0 Å². The van der Waals surface area contributed by atoms with Gasteiger partial charge in [0.15, 0.2) is 6.10 Å². The molecule has 4 aromatic carbocycles. The van der Waals surface area contributed by atoms with Gasteiger partial charge in [0.05, 0.1) is 38.7 Å². The van der Waals surface area contributed by atoms with Crippen molar-refractivity contribution in [1.82, 2.24) is 9.97 Å². The van der Waals surface area contributed by atoms with Crippen LogP contribution in [0.3, 0.4) is 0 Å². The van der Waals surface area contributed by atoms with E-state index >= 15 is 0 Å². The van der Waals surface area contributed by atoms with Crippen molar-refractivity contribution in [3.63, 3.8) is 0 Å². The first kappa shape index (κ1) is 26.4. The fraction of sp³-hybridized carbons (Fsp3) is 0.0968. The van der Waals surface area contributed by atoms with E-state index in [0.29, 0.717) is 27.4 Å². The molecule has 5 aromatic rings. The van der Waals surface area contributed by atoms with Crippen LogP contribution in [0, 0.1) is 0 Å². The van der Waals surface area contributed by atoms with Gasteiger partial charge in [0.25, 0.3) is 5.91 Å². The van der Waals surface area contributed by atoms with Crippen molar-refractivity contribution >= 4 is 51.8 Å². The highest BCUT2D eigenvalue weighted by molar-refractivity contribution is 6.36. The maximum Gasteiger partial charge on any atom is 0.338 e. The molecule has 0 aliphatic rings. The number of carbonyl (C=O) groups is 2. The van der Waals surface area contributed by atoms with Gasteiger partial charge in [-0.25, -0.2) is 14.8 Å². The van der Waals surface area contributed by atoms with Crippen molar-refractivity contribution in [2.45, 2.75) is 19.4 Å². The molecule has 0 radical (unpaired) electrons. The number of anilines is 1. The third-order valence-electron chi connectivity index (χ3n) is 6.10. The number of fused-ring (bicyclic) bond motifs is 1. The topological polar surface area (TPSA) is 81.2 Å². The summed E-state index contributed by atoms with van der Waals surface area (Å²) in [5, 5.41) is 3.43. The fourth-order valence-corrected chi connectivity index (χ4v) is 4.56. The molecule has 1 aromatic heterocycles. The Morgan fingerprint density at radius 2 is 1.41 bits per heavy atom. The zero-order valence-electron chi connectivity index (χ0n) is 20.9. The first-order valence-corrected chi connectivity index (χ1v) is 13.1. The molecule has 8 heteroatoms. The molecular formula is C31H23Cl2N3O3. The smallest absolute Gasteiger partial charge is 0.338 e. The minimum atomic E-state index is -1.02. The average Bonchev–Trinajstić information content (AvgIpc) is 2.97. The summed E-state index contributed by atoms with van der Waals surface area (Å²) >= 11 is 12.1. The van der Waals surface area contributed by atoms with E-state index in [-0.39, 0.29) is 17.0 Å². The lowest BCUT2D eigenvalue weighted by atomic mass is 10.0. The number of nitrogens with one attached hydrogen (secondary N) is 1. The molecule has 1 heterocycles. The number of aromatic nitrogens is 2. The van der Waals surface area contributed by atoms with Crippen molar-refractivity contribution in [2.75, 3.05) is 5.32 Å². The number of benzene rings is 4. The largest absolute Gasteiger partial charge is 0.449 e. The van der Waals surface area contributed by atoms with Crippen LogP contribution < -0.4 is 5.32 Å². The molecule has 39 heavy (non-hydrogen) atoms. The van der Waals surface area contributed by atoms with Gasteiger partial charge in [-0.05, 0) is 42.8 Å². The number of rotatable bonds is 7. The Kier molecular flexibility index (Phi) is 7.87. The number of amides is 1. The highest BCUT2D eigenvalue weighted by Gasteiger charge is 2.23. The zero-order chi connectivity index (χ0) is 27.4. The second-order valence-corrected chi connectivity index (χ2v) is 9.62. The molecule has 1 atom stereocenters. The summed E-state index contributed by atoms with van der Waals surface area (Å²) in [6, 6.07) is 29.3. The quantitative estimate of drug-likeness (QED) is 0.207. The van der Waals surface area contributed by atoms with E-state index < -0.39 is 18.0 Å². The Hall–Kier alpha value is -4.26. The van der Waals surface area contributed by atoms with Crippen LogP contribution in [-0.4, -0.2) is 27.9 Å². The molecule has 6 nitrogen and oxygen atoms in total. The van der Waals surface area contributed by atoms with Crippen LogP contribution >= 0.6 is 23.2 Å². The van der Waals surface area contributed by atoms with Gasteiger partial charge >= 0.3 is 5.97 Å². The van der Waals surface area contributed by atoms with Gasteiger partial charge in [0, 0.05) is 16.1 Å². The number of hydrogen-bond acceptors (Lipinski definition) is 5. The molecule has 194 valence electrons. The van der Waals surface area contributed by atoms with E-state index in [1.54, 1.807) is 37.3 Å². The Labute approximate surface area is 235 Å². The molecule has 0 saturated carbocycles. The molecule has 0 bridgehead atoms. The molecule has 0 aliphatic heterocycles. The van der Waals surface area contributed by atoms with Gasteiger partial charge < -0.3 is 10.1 Å². The van der Waals surface area contributed by atoms with E-state index in [2.05, 4.69) is 5.32 Å². The van der Waals surface area contributed by atoms with Crippen molar-refractivity contribution in [1.29, 1.82) is 0 Å². The maximum atomic E-state index is 13.1. The lowest BCUT2D eigenvalue weighted by molar-refractivity contribution is -0.124. The third-order valence-corrected chi connectivity index (χ3v) is 6.64. The number of ether oxygens (including phenoxy) is 1. The van der Waals surface area contributed by atoms with Crippen LogP contribution in [0.25, 0.3) is 33.5 Å². The zero-order valence-corrected chi connectivity index (χ0v) is 22.4. The van der Waals surface area contributed by atoms with Crippen LogP contribution in [0.15, 0.2) is 97.1 Å². The number of carbonyl (C=O) groups excluding carboxylic acids is 2. The van der Waals surface area contributed by atoms with E-state index in [1.807, 2.05) is 60.7 Å². The Morgan fingerprint density at radius 1 is 0.795 bits per heavy atom. The van der Waals surface area contributed by atoms with E-state index in [1.165, 1.54) is 6.07 Å². The molecule has 0 saturated heterocycles. The average molecular weight is 556 g/mol. The van der Waals surface area contributed by atoms with Crippen LogP contribution in [0.5, 0.6) is 0 Å². The summed E-state index contributed by atoms with van der Waals surface area (Å²) < 4.78 is 5.57. The van der Waals surface area contributed by atoms with Gasteiger partial charge in [-0.2, -0.15) is 0 Å². The minimum Gasteiger partial charge on any atom is -0.449 e. The molecule has 1 amide bonds. The summed E-state index contributed by atoms with van der Waals surface area (Å²) in [6.45, 7) is 1.75. The Bertz CT molecular complexity index is 1660. The molecule has 0 aliphatic carbocycles. The summed E-state index contributed by atoms with van der Waals surface area (Å²) in [6.07, 6.45) is -0.749. The summed E-state index contributed by atoms with van der Waals surface area (Å²) in [7, 11) is 0. The number of nitrogens with zero attached hydrogens (tertiary/aromatic N) is 2. The standard InChI is InChI=1S/C31H23Cl2N3O3/c1-2-27(30(37)36-24-16-14-22(32)18-23(24)33)39-31(38)21-13-15-25-26(17-21)35-29(20-11-7-4-8-12-20)28(34-25)19-9-5-3-6-10-19/h3-18,27H,2H2,1H3,(H,36,37). The Morgan fingerprint density at radius 3 is 2.00 bits per heavy atom. The summed E-state index contributed by atoms with van der Waals surface area (Å²) in [5.41, 5.74) is 5.09. The molecule has 0 fully saturated rings. The first-order valence-electron chi connectivity index (χ1n) is 12.3. The van der Waals surface area contributed by atoms with Crippen LogP contribution in [0.2, 0.25) is 10.0 Å². The van der Waals surface area contributed by atoms with Gasteiger partial charge in [0.2, 0.25) is 0 Å². The molecule has 5 rings (SSSR count). The highest BCUT2D eigenvalue weighted by Crippen LogP contribution is 2.31. The van der Waals surface area contributed by atoms with Crippen LogP contribution in [0.4, 0.5) is 5.69 Å². The maximum absolute atomic E-state index is 13.1. The van der Waals surface area contributed by atoms with Gasteiger partial charge in [-0.1, -0.05) is 90.8 Å². The second kappa shape index (κ2) is 11.6. The molecule has 1 N–H and O–H groups in total. The van der Waals surface area contributed by atoms with Gasteiger partial charge in [-0.3, -0.25) is 4.79 Å². The molecule has 0 spiro atoms. The fourth-order valence-electron chi connectivity index (χ4n) is 4.10. The normalized spacial score (nSPS) is 11.7. The van der Waals surface area contributed by atoms with Crippen LogP contribution in [-0.2, 0) is 9.53 Å². The predicted octanol–water partition coefficient (Wildman–Crippen LogP) is 7.84. The van der Waals surface area contributed by atoms with Gasteiger partial charge in [0.1, 0.15) is 0 Å². The third kappa shape index (κ3) is 5.93. The van der Waals surface area contributed by atoms with Crippen molar-refractivity contribution < 1.29 is 14.3 Å². The molecule has 1 unspecified atom stereocenters. The Balaban J connectivity index is 1.44. The minimum absolute atomic E-state index is 0.263. The van der Waals surface area contributed by atoms with E-state index in [9.17, 15) is 9.59 Å². The van der Waals surface area contributed by atoms with Crippen molar-refractivity contribution in [3.05, 3.63) is 113 Å².